The fraction of sp³-hybridized carbons (Fsp3) is 0.0182. The highest BCUT2D eigenvalue weighted by molar-refractivity contribution is 5.98. The number of hydrogen-bond donors (Lipinski definition) is 0. The standard InChI is InChI=1S/C55H37N/c1-5-17-38(18-6-1)40-29-32-45(39-19-7-2-8-20-39)50(35-40)41-30-33-48-46-25-13-15-27-51(46)55(53(48)36-41)52-28-16-14-26-47(52)49-34-31-44(37-54(49)55)56(42-21-9-3-10-22-42)43-23-11-4-12-24-43/h1-37H. The maximum absolute atomic E-state index is 2.51. The first-order valence-corrected chi connectivity index (χ1v) is 19.4. The Hall–Kier alpha value is -7.22. The third kappa shape index (κ3) is 4.88. The summed E-state index contributed by atoms with van der Waals surface area (Å²) >= 11 is 0. The second-order valence-corrected chi connectivity index (χ2v) is 14.8. The number of benzene rings is 9. The van der Waals surface area contributed by atoms with Crippen LogP contribution in [0.3, 0.4) is 0 Å². The van der Waals surface area contributed by atoms with E-state index in [-0.39, 0.29) is 0 Å². The SMILES string of the molecule is c1ccc(-c2ccc(-c3ccccc3)c(-c3ccc4c(c3)C3(c5ccccc5-4)c4ccccc4-c4ccc(N(c5ccccc5)c5ccccc5)cc43)c2)cc1. The molecule has 0 aliphatic heterocycles. The highest BCUT2D eigenvalue weighted by Gasteiger charge is 2.52. The first kappa shape index (κ1) is 32.2. The van der Waals surface area contributed by atoms with Crippen molar-refractivity contribution >= 4 is 17.1 Å². The predicted octanol–water partition coefficient (Wildman–Crippen LogP) is 14.5. The summed E-state index contributed by atoms with van der Waals surface area (Å²) in [6.45, 7) is 0. The van der Waals surface area contributed by atoms with Crippen LogP contribution in [0.15, 0.2) is 224 Å². The summed E-state index contributed by atoms with van der Waals surface area (Å²) in [4.78, 5) is 2.39. The van der Waals surface area contributed by atoms with Gasteiger partial charge in [-0.15, -0.1) is 0 Å². The molecule has 1 spiro atoms. The van der Waals surface area contributed by atoms with Crippen LogP contribution in [0, 0.1) is 0 Å². The molecule has 1 heteroatoms. The normalized spacial score (nSPS) is 14.5. The van der Waals surface area contributed by atoms with E-state index in [0.29, 0.717) is 0 Å². The Morgan fingerprint density at radius 2 is 0.679 bits per heavy atom. The van der Waals surface area contributed by atoms with Gasteiger partial charge in [-0.1, -0.05) is 176 Å². The molecule has 0 radical (unpaired) electrons. The lowest BCUT2D eigenvalue weighted by Crippen LogP contribution is -2.26. The van der Waals surface area contributed by atoms with Gasteiger partial charge in [0.25, 0.3) is 0 Å². The Balaban J connectivity index is 1.19. The lowest BCUT2D eigenvalue weighted by atomic mass is 9.70. The Morgan fingerprint density at radius 1 is 0.232 bits per heavy atom. The van der Waals surface area contributed by atoms with Crippen molar-refractivity contribution in [2.24, 2.45) is 0 Å². The van der Waals surface area contributed by atoms with Crippen LogP contribution >= 0.6 is 0 Å². The summed E-state index contributed by atoms with van der Waals surface area (Å²) in [5.74, 6) is 0. The number of para-hydroxylation sites is 2. The van der Waals surface area contributed by atoms with Crippen molar-refractivity contribution < 1.29 is 0 Å². The minimum atomic E-state index is -0.507. The molecular formula is C55H37N. The Bertz CT molecular complexity index is 2840. The predicted molar refractivity (Wildman–Crippen MR) is 234 cm³/mol. The van der Waals surface area contributed by atoms with Crippen molar-refractivity contribution in [1.82, 2.24) is 0 Å². The van der Waals surface area contributed by atoms with Crippen LogP contribution in [0.25, 0.3) is 55.6 Å². The molecule has 1 unspecified atom stereocenters. The van der Waals surface area contributed by atoms with E-state index in [2.05, 4.69) is 229 Å². The molecule has 0 fully saturated rings. The molecule has 1 atom stereocenters. The van der Waals surface area contributed by atoms with Gasteiger partial charge in [-0.25, -0.2) is 0 Å². The maximum atomic E-state index is 2.51. The van der Waals surface area contributed by atoms with E-state index in [9.17, 15) is 0 Å². The topological polar surface area (TPSA) is 3.24 Å². The zero-order chi connectivity index (χ0) is 37.1. The monoisotopic (exact) mass is 711 g/mol. The molecule has 0 bridgehead atoms. The van der Waals surface area contributed by atoms with Crippen molar-refractivity contribution in [3.05, 3.63) is 247 Å². The smallest absolute Gasteiger partial charge is 0.0726 e. The Morgan fingerprint density at radius 3 is 1.29 bits per heavy atom. The summed E-state index contributed by atoms with van der Waals surface area (Å²) < 4.78 is 0. The van der Waals surface area contributed by atoms with E-state index >= 15 is 0 Å². The molecule has 0 aromatic heterocycles. The minimum absolute atomic E-state index is 0.507. The molecule has 0 saturated carbocycles. The zero-order valence-corrected chi connectivity index (χ0v) is 30.8. The molecule has 1 nitrogen and oxygen atoms in total. The molecule has 56 heavy (non-hydrogen) atoms. The van der Waals surface area contributed by atoms with Crippen molar-refractivity contribution in [3.8, 4) is 55.6 Å². The Kier molecular flexibility index (Phi) is 7.47. The first-order chi connectivity index (χ1) is 27.8. The van der Waals surface area contributed by atoms with Gasteiger partial charge in [-0.2, -0.15) is 0 Å². The van der Waals surface area contributed by atoms with Crippen LogP contribution in [0.1, 0.15) is 22.3 Å². The lowest BCUT2D eigenvalue weighted by molar-refractivity contribution is 0.794. The van der Waals surface area contributed by atoms with Gasteiger partial charge < -0.3 is 4.90 Å². The van der Waals surface area contributed by atoms with Crippen LogP contribution in [-0.2, 0) is 5.41 Å². The van der Waals surface area contributed by atoms with Gasteiger partial charge in [0, 0.05) is 17.1 Å². The highest BCUT2D eigenvalue weighted by atomic mass is 15.1. The number of nitrogens with zero attached hydrogens (tertiary/aromatic N) is 1. The lowest BCUT2D eigenvalue weighted by Gasteiger charge is -2.32. The summed E-state index contributed by atoms with van der Waals surface area (Å²) in [5.41, 5.74) is 20.7. The third-order valence-electron chi connectivity index (χ3n) is 11.9. The quantitative estimate of drug-likeness (QED) is 0.166. The van der Waals surface area contributed by atoms with Gasteiger partial charge in [-0.3, -0.25) is 0 Å². The summed E-state index contributed by atoms with van der Waals surface area (Å²) in [7, 11) is 0. The fourth-order valence-corrected chi connectivity index (χ4v) is 9.50. The second-order valence-electron chi connectivity index (χ2n) is 14.8. The van der Waals surface area contributed by atoms with Gasteiger partial charge >= 0.3 is 0 Å². The molecule has 262 valence electrons. The number of rotatable bonds is 6. The Labute approximate surface area is 328 Å². The molecule has 9 aromatic rings. The van der Waals surface area contributed by atoms with Crippen molar-refractivity contribution in [3.63, 3.8) is 0 Å². The number of anilines is 3. The van der Waals surface area contributed by atoms with Gasteiger partial charge in [-0.05, 0) is 126 Å². The third-order valence-corrected chi connectivity index (χ3v) is 11.9. The molecule has 2 aliphatic rings. The van der Waals surface area contributed by atoms with Crippen molar-refractivity contribution in [1.29, 1.82) is 0 Å². The minimum Gasteiger partial charge on any atom is -0.310 e. The fourth-order valence-electron chi connectivity index (χ4n) is 9.50. The molecule has 0 heterocycles. The number of hydrogen-bond acceptors (Lipinski definition) is 1. The summed E-state index contributed by atoms with van der Waals surface area (Å²) in [5, 5.41) is 0. The van der Waals surface area contributed by atoms with Crippen molar-refractivity contribution in [2.45, 2.75) is 5.41 Å². The zero-order valence-electron chi connectivity index (χ0n) is 30.8. The van der Waals surface area contributed by atoms with Gasteiger partial charge in [0.2, 0.25) is 0 Å². The van der Waals surface area contributed by atoms with Crippen molar-refractivity contribution in [2.75, 3.05) is 4.90 Å². The molecule has 0 amide bonds. The van der Waals surface area contributed by atoms with E-state index < -0.39 is 5.41 Å². The van der Waals surface area contributed by atoms with E-state index in [1.165, 1.54) is 77.9 Å². The highest BCUT2D eigenvalue weighted by Crippen LogP contribution is 2.64. The average Bonchev–Trinajstić information content (AvgIpc) is 3.74. The van der Waals surface area contributed by atoms with Gasteiger partial charge in [0.1, 0.15) is 0 Å². The van der Waals surface area contributed by atoms with E-state index in [4.69, 9.17) is 0 Å². The molecule has 9 aromatic carbocycles. The van der Waals surface area contributed by atoms with Gasteiger partial charge in [0.15, 0.2) is 0 Å². The molecule has 11 rings (SSSR count). The van der Waals surface area contributed by atoms with E-state index in [1.54, 1.807) is 0 Å². The maximum Gasteiger partial charge on any atom is 0.0726 e. The molecule has 0 N–H and O–H groups in total. The molecular weight excluding hydrogens is 675 g/mol. The van der Waals surface area contributed by atoms with Crippen LogP contribution in [0.5, 0.6) is 0 Å². The van der Waals surface area contributed by atoms with Crippen LogP contribution in [-0.4, -0.2) is 0 Å². The summed E-state index contributed by atoms with van der Waals surface area (Å²) in [6.07, 6.45) is 0. The molecule has 0 saturated heterocycles. The van der Waals surface area contributed by atoms with Gasteiger partial charge in [0.05, 0.1) is 5.41 Å². The first-order valence-electron chi connectivity index (χ1n) is 19.4. The largest absolute Gasteiger partial charge is 0.310 e. The van der Waals surface area contributed by atoms with Crippen LogP contribution in [0.2, 0.25) is 0 Å². The average molecular weight is 712 g/mol. The van der Waals surface area contributed by atoms with Crippen LogP contribution in [0.4, 0.5) is 17.1 Å². The number of fused-ring (bicyclic) bond motifs is 10. The summed E-state index contributed by atoms with van der Waals surface area (Å²) in [6, 6.07) is 82.5. The van der Waals surface area contributed by atoms with E-state index in [1.807, 2.05) is 0 Å². The van der Waals surface area contributed by atoms with E-state index in [0.717, 1.165) is 17.1 Å². The second kappa shape index (κ2) is 13.0. The van der Waals surface area contributed by atoms with Crippen LogP contribution < -0.4 is 4.90 Å². The molecule has 2 aliphatic carbocycles.